The number of benzene rings is 1. The van der Waals surface area contributed by atoms with E-state index in [1.165, 1.54) is 6.42 Å². The molecule has 0 radical (unpaired) electrons. The summed E-state index contributed by atoms with van der Waals surface area (Å²) in [4.78, 5) is 16.3. The number of fused-ring (bicyclic) bond motifs is 1. The Balaban J connectivity index is 1.94. The van der Waals surface area contributed by atoms with Crippen LogP contribution in [0.25, 0.3) is 10.8 Å². The van der Waals surface area contributed by atoms with Crippen LogP contribution < -0.4 is 4.74 Å². The molecule has 1 heterocycles. The third-order valence-electron chi connectivity index (χ3n) is 4.83. The van der Waals surface area contributed by atoms with Gasteiger partial charge in [-0.1, -0.05) is 19.8 Å². The number of nitrogens with zero attached hydrogens (tertiary/aromatic N) is 2. The minimum atomic E-state index is -0.724. The fourth-order valence-corrected chi connectivity index (χ4v) is 3.33. The summed E-state index contributed by atoms with van der Waals surface area (Å²) in [5, 5.41) is 20.9. The van der Waals surface area contributed by atoms with Crippen molar-refractivity contribution >= 4 is 16.7 Å². The highest BCUT2D eigenvalue weighted by molar-refractivity contribution is 6.01. The highest BCUT2D eigenvalue weighted by Gasteiger charge is 2.22. The van der Waals surface area contributed by atoms with Crippen molar-refractivity contribution in [1.82, 2.24) is 4.98 Å². The van der Waals surface area contributed by atoms with E-state index in [-0.39, 0.29) is 29.8 Å². The maximum absolute atomic E-state index is 12.3. The fraction of sp³-hybridized carbons (Fsp3) is 0.476. The molecule has 1 N–H and O–H groups in total. The van der Waals surface area contributed by atoms with E-state index >= 15 is 0 Å². The Morgan fingerprint density at radius 3 is 2.78 bits per heavy atom. The number of aromatic nitrogens is 1. The van der Waals surface area contributed by atoms with Crippen molar-refractivity contribution in [3.63, 3.8) is 0 Å². The van der Waals surface area contributed by atoms with Gasteiger partial charge in [0.15, 0.2) is 11.4 Å². The van der Waals surface area contributed by atoms with Gasteiger partial charge in [0.1, 0.15) is 17.5 Å². The largest absolute Gasteiger partial charge is 0.505 e. The lowest BCUT2D eigenvalue weighted by molar-refractivity contribution is 0.0489. The molecule has 1 aliphatic carbocycles. The summed E-state index contributed by atoms with van der Waals surface area (Å²) in [6.45, 7) is 2.24. The molecular weight excluding hydrogens is 344 g/mol. The molecule has 142 valence electrons. The Kier molecular flexibility index (Phi) is 6.12. The summed E-state index contributed by atoms with van der Waals surface area (Å²) >= 11 is 0. The lowest BCUT2D eigenvalue weighted by Crippen LogP contribution is -2.19. The second-order valence-corrected chi connectivity index (χ2v) is 6.84. The van der Waals surface area contributed by atoms with Crippen LogP contribution in [-0.2, 0) is 4.74 Å². The van der Waals surface area contributed by atoms with E-state index in [1.807, 2.05) is 13.0 Å². The van der Waals surface area contributed by atoms with Crippen LogP contribution >= 0.6 is 0 Å². The molecule has 0 aliphatic heterocycles. The van der Waals surface area contributed by atoms with Crippen LogP contribution in [0.2, 0.25) is 0 Å². The number of nitriles is 1. The van der Waals surface area contributed by atoms with Gasteiger partial charge in [0.05, 0.1) is 12.7 Å². The number of hydrogen-bond donors (Lipinski definition) is 1. The predicted molar refractivity (Wildman–Crippen MR) is 101 cm³/mol. The molecule has 3 rings (SSSR count). The van der Waals surface area contributed by atoms with E-state index in [9.17, 15) is 15.2 Å². The van der Waals surface area contributed by atoms with Gasteiger partial charge in [-0.25, -0.2) is 9.78 Å². The van der Waals surface area contributed by atoms with Crippen molar-refractivity contribution < 1.29 is 19.4 Å². The standard InChI is InChI=1S/C21H24N2O4/c1-2-3-11-26-21(25)19-20(24)17-12-15(27-14-7-5-4-6-8-14)9-10-16(17)18(13-22)23-19/h9-10,12,14,24H,2-8,11H2,1H3. The van der Waals surface area contributed by atoms with Crippen LogP contribution in [0.15, 0.2) is 18.2 Å². The van der Waals surface area contributed by atoms with E-state index < -0.39 is 5.97 Å². The first-order valence-corrected chi connectivity index (χ1v) is 9.54. The highest BCUT2D eigenvalue weighted by Crippen LogP contribution is 2.34. The summed E-state index contributed by atoms with van der Waals surface area (Å²) in [6.07, 6.45) is 7.34. The maximum atomic E-state index is 12.3. The molecule has 1 aliphatic rings. The van der Waals surface area contributed by atoms with Gasteiger partial charge >= 0.3 is 5.97 Å². The number of esters is 1. The Morgan fingerprint density at radius 2 is 2.07 bits per heavy atom. The van der Waals surface area contributed by atoms with Gasteiger partial charge in [-0.15, -0.1) is 0 Å². The molecule has 6 heteroatoms. The zero-order chi connectivity index (χ0) is 19.2. The molecular formula is C21H24N2O4. The average Bonchev–Trinajstić information content (AvgIpc) is 2.69. The zero-order valence-corrected chi connectivity index (χ0v) is 15.5. The third kappa shape index (κ3) is 4.30. The number of carbonyl (C=O) groups excluding carboxylic acids is 1. The molecule has 1 saturated carbocycles. The third-order valence-corrected chi connectivity index (χ3v) is 4.83. The van der Waals surface area contributed by atoms with Gasteiger partial charge in [-0.3, -0.25) is 0 Å². The van der Waals surface area contributed by atoms with Crippen molar-refractivity contribution in [2.75, 3.05) is 6.61 Å². The van der Waals surface area contributed by atoms with Crippen LogP contribution in [0.1, 0.15) is 68.1 Å². The number of pyridine rings is 1. The second-order valence-electron chi connectivity index (χ2n) is 6.84. The Morgan fingerprint density at radius 1 is 1.30 bits per heavy atom. The molecule has 6 nitrogen and oxygen atoms in total. The minimum absolute atomic E-state index is 0.0782. The fourth-order valence-electron chi connectivity index (χ4n) is 3.33. The van der Waals surface area contributed by atoms with Gasteiger partial charge in [-0.05, 0) is 50.3 Å². The highest BCUT2D eigenvalue weighted by atomic mass is 16.5. The van der Waals surface area contributed by atoms with Gasteiger partial charge < -0.3 is 14.6 Å². The quantitative estimate of drug-likeness (QED) is 0.597. The molecule has 1 aromatic heterocycles. The molecule has 0 bridgehead atoms. The van der Waals surface area contributed by atoms with E-state index in [4.69, 9.17) is 9.47 Å². The second kappa shape index (κ2) is 8.72. The van der Waals surface area contributed by atoms with Crippen molar-refractivity contribution in [2.24, 2.45) is 0 Å². The zero-order valence-electron chi connectivity index (χ0n) is 15.5. The van der Waals surface area contributed by atoms with Crippen LogP contribution in [-0.4, -0.2) is 28.8 Å². The van der Waals surface area contributed by atoms with Crippen LogP contribution in [0, 0.1) is 11.3 Å². The number of rotatable bonds is 6. The summed E-state index contributed by atoms with van der Waals surface area (Å²) in [5.41, 5.74) is -0.153. The Labute approximate surface area is 158 Å². The molecule has 0 saturated heterocycles. The number of carbonyl (C=O) groups is 1. The number of ether oxygens (including phenoxy) is 2. The Bertz CT molecular complexity index is 867. The van der Waals surface area contributed by atoms with Crippen molar-refractivity contribution in [1.29, 1.82) is 5.26 Å². The lowest BCUT2D eigenvalue weighted by atomic mass is 9.98. The molecule has 1 fully saturated rings. The number of aromatic hydroxyl groups is 1. The van der Waals surface area contributed by atoms with Crippen molar-refractivity contribution in [3.8, 4) is 17.6 Å². The summed E-state index contributed by atoms with van der Waals surface area (Å²) in [6, 6.07) is 7.14. The summed E-state index contributed by atoms with van der Waals surface area (Å²) in [5.74, 6) is -0.386. The molecule has 0 unspecified atom stereocenters. The monoisotopic (exact) mass is 368 g/mol. The molecule has 0 spiro atoms. The first-order valence-electron chi connectivity index (χ1n) is 9.54. The van der Waals surface area contributed by atoms with E-state index in [0.29, 0.717) is 16.5 Å². The predicted octanol–water partition coefficient (Wildman–Crippen LogP) is 4.48. The number of hydrogen-bond acceptors (Lipinski definition) is 6. The molecule has 1 aromatic carbocycles. The van der Waals surface area contributed by atoms with E-state index in [1.54, 1.807) is 18.2 Å². The van der Waals surface area contributed by atoms with Gasteiger partial charge in [0.25, 0.3) is 0 Å². The number of unbranched alkanes of at least 4 members (excludes halogenated alkanes) is 1. The molecule has 0 amide bonds. The lowest BCUT2D eigenvalue weighted by Gasteiger charge is -2.23. The van der Waals surface area contributed by atoms with Crippen molar-refractivity contribution in [2.45, 2.75) is 58.0 Å². The average molecular weight is 368 g/mol. The van der Waals surface area contributed by atoms with E-state index in [2.05, 4.69) is 4.98 Å². The van der Waals surface area contributed by atoms with E-state index in [0.717, 1.165) is 38.5 Å². The van der Waals surface area contributed by atoms with Crippen LogP contribution in [0.4, 0.5) is 0 Å². The van der Waals surface area contributed by atoms with Gasteiger partial charge in [-0.2, -0.15) is 5.26 Å². The van der Waals surface area contributed by atoms with Crippen molar-refractivity contribution in [3.05, 3.63) is 29.6 Å². The molecule has 27 heavy (non-hydrogen) atoms. The summed E-state index contributed by atoms with van der Waals surface area (Å²) in [7, 11) is 0. The smallest absolute Gasteiger partial charge is 0.360 e. The van der Waals surface area contributed by atoms with Crippen LogP contribution in [0.5, 0.6) is 11.5 Å². The van der Waals surface area contributed by atoms with Crippen LogP contribution in [0.3, 0.4) is 0 Å². The van der Waals surface area contributed by atoms with Gasteiger partial charge in [0.2, 0.25) is 0 Å². The molecule has 0 atom stereocenters. The topological polar surface area (TPSA) is 92.4 Å². The Hall–Kier alpha value is -2.81. The van der Waals surface area contributed by atoms with Gasteiger partial charge in [0, 0.05) is 10.8 Å². The normalized spacial score (nSPS) is 14.7. The summed E-state index contributed by atoms with van der Waals surface area (Å²) < 4.78 is 11.2. The maximum Gasteiger partial charge on any atom is 0.360 e. The molecule has 2 aromatic rings. The minimum Gasteiger partial charge on any atom is -0.505 e. The first-order chi connectivity index (χ1) is 13.1. The first kappa shape index (κ1) is 19.0. The SMILES string of the molecule is CCCCOC(=O)c1nc(C#N)c2ccc(OC3CCCCC3)cc2c1O.